The third kappa shape index (κ3) is 7.05. The van der Waals surface area contributed by atoms with Gasteiger partial charge >= 0.3 is 11.9 Å². The van der Waals surface area contributed by atoms with Crippen LogP contribution in [0, 0.1) is 5.92 Å². The van der Waals surface area contributed by atoms with Gasteiger partial charge in [0, 0.05) is 12.0 Å². The summed E-state index contributed by atoms with van der Waals surface area (Å²) in [5.74, 6) is -3.00. The van der Waals surface area contributed by atoms with Crippen molar-refractivity contribution in [2.45, 2.75) is 57.9 Å². The van der Waals surface area contributed by atoms with Crippen molar-refractivity contribution in [2.24, 2.45) is 5.92 Å². The minimum absolute atomic E-state index is 0.0177. The summed E-state index contributed by atoms with van der Waals surface area (Å²) in [5, 5.41) is 11.6. The molecule has 1 fully saturated rings. The zero-order valence-electron chi connectivity index (χ0n) is 20.2. The number of carboxylic acids is 1. The first-order valence-corrected chi connectivity index (χ1v) is 11.4. The van der Waals surface area contributed by atoms with Crippen LogP contribution in [0.15, 0.2) is 36.1 Å². The molecule has 2 atom stereocenters. The number of hydrogen-bond donors (Lipinski definition) is 2. The number of carbonyl (C=O) groups excluding carboxylic acids is 2. The average Bonchev–Trinajstić information content (AvgIpc) is 2.97. The van der Waals surface area contributed by atoms with Crippen LogP contribution in [0.2, 0.25) is 0 Å². The second kappa shape index (κ2) is 11.8. The van der Waals surface area contributed by atoms with Crippen LogP contribution in [0.5, 0.6) is 5.75 Å². The van der Waals surface area contributed by atoms with Crippen LogP contribution in [0.1, 0.15) is 52.0 Å². The van der Waals surface area contributed by atoms with E-state index in [1.54, 1.807) is 19.9 Å². The molecule has 8 nitrogen and oxygen atoms in total. The predicted octanol–water partition coefficient (Wildman–Crippen LogP) is 3.11. The number of likely N-dealkylation sites (N-methyl/N-ethyl adjacent to an activating group) is 1. The number of amides is 1. The lowest BCUT2D eigenvalue weighted by Gasteiger charge is -2.35. The highest BCUT2D eigenvalue weighted by Gasteiger charge is 2.33. The Morgan fingerprint density at radius 1 is 1.27 bits per heavy atom. The topological polar surface area (TPSA) is 105 Å². The molecule has 2 N–H and O–H groups in total. The van der Waals surface area contributed by atoms with E-state index in [1.165, 1.54) is 7.11 Å². The van der Waals surface area contributed by atoms with Gasteiger partial charge in [0.2, 0.25) is 11.7 Å². The van der Waals surface area contributed by atoms with Crippen molar-refractivity contribution in [2.75, 3.05) is 27.2 Å². The highest BCUT2D eigenvalue weighted by atomic mass is 16.6. The zero-order valence-corrected chi connectivity index (χ0v) is 20.2. The van der Waals surface area contributed by atoms with E-state index in [-0.39, 0.29) is 17.1 Å². The highest BCUT2D eigenvalue weighted by Crippen LogP contribution is 2.37. The number of carbonyl (C=O) groups is 3. The third-order valence-electron chi connectivity index (χ3n) is 6.27. The van der Waals surface area contributed by atoms with Gasteiger partial charge in [-0.25, -0.2) is 9.59 Å². The second-order valence-electron chi connectivity index (χ2n) is 9.03. The molecule has 8 heteroatoms. The summed E-state index contributed by atoms with van der Waals surface area (Å²) in [7, 11) is 3.38. The molecule has 1 aromatic carbocycles. The monoisotopic (exact) mass is 460 g/mol. The molecule has 1 unspecified atom stereocenters. The van der Waals surface area contributed by atoms with Gasteiger partial charge in [-0.1, -0.05) is 39.3 Å². The van der Waals surface area contributed by atoms with Gasteiger partial charge in [0.05, 0.1) is 13.2 Å². The molecule has 1 aliphatic rings. The maximum Gasteiger partial charge on any atom is 0.379 e. The van der Waals surface area contributed by atoms with Crippen molar-refractivity contribution in [3.05, 3.63) is 41.7 Å². The first kappa shape index (κ1) is 26.4. The van der Waals surface area contributed by atoms with Gasteiger partial charge in [-0.3, -0.25) is 4.79 Å². The summed E-state index contributed by atoms with van der Waals surface area (Å²) in [6.45, 7) is 7.54. The molecular weight excluding hydrogens is 424 g/mol. The normalized spacial score (nSPS) is 20.6. The van der Waals surface area contributed by atoms with E-state index in [0.29, 0.717) is 5.75 Å². The van der Waals surface area contributed by atoms with Crippen LogP contribution in [-0.2, 0) is 24.5 Å². The quantitative estimate of drug-likeness (QED) is 0.252. The molecule has 1 aliphatic heterocycles. The van der Waals surface area contributed by atoms with Crippen molar-refractivity contribution < 1.29 is 29.0 Å². The van der Waals surface area contributed by atoms with E-state index in [1.807, 2.05) is 12.1 Å². The van der Waals surface area contributed by atoms with E-state index in [4.69, 9.17) is 9.47 Å². The predicted molar refractivity (Wildman–Crippen MR) is 125 cm³/mol. The summed E-state index contributed by atoms with van der Waals surface area (Å²) in [6.07, 6.45) is 5.25. The van der Waals surface area contributed by atoms with Crippen LogP contribution in [-0.4, -0.2) is 61.1 Å². The highest BCUT2D eigenvalue weighted by molar-refractivity contribution is 5.99. The Morgan fingerprint density at radius 3 is 2.61 bits per heavy atom. The Labute approximate surface area is 195 Å². The number of nitrogens with one attached hydrogen (secondary N) is 1. The van der Waals surface area contributed by atoms with Gasteiger partial charge in [0.15, 0.2) is 0 Å². The lowest BCUT2D eigenvalue weighted by Crippen LogP contribution is -2.43. The molecular formula is C25H36N2O6. The van der Waals surface area contributed by atoms with E-state index in [9.17, 15) is 19.5 Å². The van der Waals surface area contributed by atoms with Gasteiger partial charge < -0.3 is 24.8 Å². The number of carboxylic acid groups (broad SMARTS) is 1. The van der Waals surface area contributed by atoms with Gasteiger partial charge in [-0.15, -0.1) is 0 Å². The molecule has 0 bridgehead atoms. The van der Waals surface area contributed by atoms with Crippen molar-refractivity contribution in [1.29, 1.82) is 0 Å². The Balaban J connectivity index is 2.19. The fourth-order valence-electron chi connectivity index (χ4n) is 4.32. The van der Waals surface area contributed by atoms with Gasteiger partial charge in [-0.2, -0.15) is 0 Å². The SMILES string of the molecule is CCC1(c2cccc(OC(=O)C(=CC(=O)N[C@H](C(=O)O)C(C)C)OC)c2)CCCCN(C)C1. The van der Waals surface area contributed by atoms with Gasteiger partial charge in [0.25, 0.3) is 0 Å². The zero-order chi connectivity index (χ0) is 24.6. The minimum atomic E-state index is -1.15. The van der Waals surface area contributed by atoms with Crippen molar-refractivity contribution in [3.63, 3.8) is 0 Å². The molecule has 1 aromatic rings. The van der Waals surface area contributed by atoms with Crippen molar-refractivity contribution in [3.8, 4) is 5.75 Å². The molecule has 0 radical (unpaired) electrons. The molecule has 2 rings (SSSR count). The summed E-state index contributed by atoms with van der Waals surface area (Å²) in [4.78, 5) is 38.6. The molecule has 0 saturated carbocycles. The lowest BCUT2D eigenvalue weighted by atomic mass is 9.74. The molecule has 0 aliphatic carbocycles. The smallest absolute Gasteiger partial charge is 0.379 e. The molecule has 1 saturated heterocycles. The number of hydrogen-bond acceptors (Lipinski definition) is 6. The van der Waals surface area contributed by atoms with Crippen LogP contribution in [0.4, 0.5) is 0 Å². The Kier molecular flexibility index (Phi) is 9.46. The van der Waals surface area contributed by atoms with E-state index < -0.39 is 23.9 Å². The molecule has 33 heavy (non-hydrogen) atoms. The van der Waals surface area contributed by atoms with E-state index >= 15 is 0 Å². The summed E-state index contributed by atoms with van der Waals surface area (Å²) in [6, 6.07) is 6.43. The number of ether oxygens (including phenoxy) is 2. The average molecular weight is 461 g/mol. The first-order chi connectivity index (χ1) is 15.6. The van der Waals surface area contributed by atoms with Crippen molar-refractivity contribution >= 4 is 17.8 Å². The summed E-state index contributed by atoms with van der Waals surface area (Å²) >= 11 is 0. The number of methoxy groups -OCH3 is 1. The molecule has 1 heterocycles. The maximum absolute atomic E-state index is 12.7. The number of rotatable bonds is 9. The van der Waals surface area contributed by atoms with E-state index in [2.05, 4.69) is 30.3 Å². The number of aliphatic carboxylic acids is 1. The largest absolute Gasteiger partial charge is 0.490 e. The molecule has 0 aromatic heterocycles. The van der Waals surface area contributed by atoms with Gasteiger partial charge in [-0.05, 0) is 56.5 Å². The number of nitrogens with zero attached hydrogens (tertiary/aromatic N) is 1. The van der Waals surface area contributed by atoms with Crippen LogP contribution >= 0.6 is 0 Å². The minimum Gasteiger partial charge on any atom is -0.490 e. The summed E-state index contributed by atoms with van der Waals surface area (Å²) in [5.41, 5.74) is 1.10. The Morgan fingerprint density at radius 2 is 2.00 bits per heavy atom. The maximum atomic E-state index is 12.7. The Hall–Kier alpha value is -2.87. The second-order valence-corrected chi connectivity index (χ2v) is 9.03. The van der Waals surface area contributed by atoms with E-state index in [0.717, 1.165) is 50.4 Å². The molecule has 182 valence electrons. The van der Waals surface area contributed by atoms with Crippen LogP contribution in [0.3, 0.4) is 0 Å². The Bertz CT molecular complexity index is 881. The fraction of sp³-hybridized carbons (Fsp3) is 0.560. The standard InChI is InChI=1S/C25H36N2O6/c1-6-25(12-7-8-13-27(4)16-25)18-10-9-11-19(14-18)33-24(31)20(32-5)15-21(28)26-22(17(2)3)23(29)30/h9-11,14-15,17,22H,6-8,12-13,16H2,1-5H3,(H,26,28)(H,29,30)/t22-,25?/m0/s1. The third-order valence-corrected chi connectivity index (χ3v) is 6.27. The lowest BCUT2D eigenvalue weighted by molar-refractivity contribution is -0.142. The summed E-state index contributed by atoms with van der Waals surface area (Å²) < 4.78 is 10.6. The molecule has 1 amide bonds. The van der Waals surface area contributed by atoms with Crippen LogP contribution < -0.4 is 10.1 Å². The fourth-order valence-corrected chi connectivity index (χ4v) is 4.32. The molecule has 0 spiro atoms. The first-order valence-electron chi connectivity index (χ1n) is 11.4. The number of likely N-dealkylation sites (tertiary alicyclic amines) is 1. The number of benzene rings is 1. The number of esters is 1. The van der Waals surface area contributed by atoms with Crippen LogP contribution in [0.25, 0.3) is 0 Å². The van der Waals surface area contributed by atoms with Gasteiger partial charge in [0.1, 0.15) is 11.8 Å². The van der Waals surface area contributed by atoms with Crippen molar-refractivity contribution in [1.82, 2.24) is 10.2 Å².